The van der Waals surface area contributed by atoms with E-state index in [2.05, 4.69) is 33.5 Å². The Morgan fingerprint density at radius 1 is 1.19 bits per heavy atom. The molecule has 2 N–H and O–H groups in total. The molecule has 3 heterocycles. The van der Waals surface area contributed by atoms with Gasteiger partial charge in [-0.05, 0) is 48.9 Å². The molecule has 26 heavy (non-hydrogen) atoms. The highest BCUT2D eigenvalue weighted by Crippen LogP contribution is 2.32. The highest BCUT2D eigenvalue weighted by atomic mass is 16.2. The number of hydrogen-bond donors (Lipinski definition) is 2. The molecule has 1 saturated heterocycles. The maximum absolute atomic E-state index is 12.8. The number of para-hydroxylation sites is 1. The van der Waals surface area contributed by atoms with Gasteiger partial charge >= 0.3 is 6.03 Å². The van der Waals surface area contributed by atoms with Crippen molar-refractivity contribution in [3.8, 4) is 0 Å². The standard InChI is InChI=1S/C21H24N4O/c26-21(23-13-11-17-8-3-5-12-22-17)25-14-6-4-10-20(25)19-15-16-7-1-2-9-18(16)24-19/h1-3,5,7-9,12,15,20,24H,4,6,10-11,13-14H2,(H,23,26)/t20-/m0/s1. The fourth-order valence-corrected chi connectivity index (χ4v) is 3.72. The maximum atomic E-state index is 12.8. The molecule has 1 fully saturated rings. The van der Waals surface area contributed by atoms with Gasteiger partial charge in [-0.2, -0.15) is 0 Å². The van der Waals surface area contributed by atoms with E-state index in [9.17, 15) is 4.79 Å². The SMILES string of the molecule is O=C(NCCc1ccccn1)N1CCCC[C@H]1c1cc2ccccc2[nH]1. The number of pyridine rings is 1. The molecule has 5 heteroatoms. The monoisotopic (exact) mass is 348 g/mol. The summed E-state index contributed by atoms with van der Waals surface area (Å²) in [5, 5.41) is 4.27. The number of nitrogens with zero attached hydrogens (tertiary/aromatic N) is 2. The van der Waals surface area contributed by atoms with Gasteiger partial charge in [0.1, 0.15) is 0 Å². The molecular weight excluding hydrogens is 324 g/mol. The van der Waals surface area contributed by atoms with E-state index in [1.54, 1.807) is 6.20 Å². The van der Waals surface area contributed by atoms with Gasteiger partial charge in [-0.25, -0.2) is 4.79 Å². The van der Waals surface area contributed by atoms with Gasteiger partial charge in [-0.3, -0.25) is 4.98 Å². The molecule has 134 valence electrons. The van der Waals surface area contributed by atoms with Crippen LogP contribution in [0, 0.1) is 0 Å². The van der Waals surface area contributed by atoms with Crippen LogP contribution in [0.15, 0.2) is 54.7 Å². The van der Waals surface area contributed by atoms with Crippen molar-refractivity contribution < 1.29 is 4.79 Å². The molecule has 2 aromatic heterocycles. The van der Waals surface area contributed by atoms with E-state index >= 15 is 0 Å². The molecule has 2 amide bonds. The molecule has 1 aliphatic rings. The van der Waals surface area contributed by atoms with Crippen molar-refractivity contribution in [1.29, 1.82) is 0 Å². The smallest absolute Gasteiger partial charge is 0.317 e. The number of rotatable bonds is 4. The summed E-state index contributed by atoms with van der Waals surface area (Å²) in [4.78, 5) is 22.6. The Kier molecular flexibility index (Phi) is 4.86. The lowest BCUT2D eigenvalue weighted by Crippen LogP contribution is -2.45. The van der Waals surface area contributed by atoms with Gasteiger partial charge in [-0.15, -0.1) is 0 Å². The number of fused-ring (bicyclic) bond motifs is 1. The van der Waals surface area contributed by atoms with E-state index < -0.39 is 0 Å². The van der Waals surface area contributed by atoms with E-state index in [1.165, 1.54) is 5.39 Å². The second-order valence-electron chi connectivity index (χ2n) is 6.82. The number of carbonyl (C=O) groups excluding carboxylic acids is 1. The highest BCUT2D eigenvalue weighted by Gasteiger charge is 2.28. The molecule has 0 unspecified atom stereocenters. The van der Waals surface area contributed by atoms with E-state index in [0.29, 0.717) is 6.54 Å². The minimum absolute atomic E-state index is 0.0179. The van der Waals surface area contributed by atoms with Gasteiger partial charge in [-0.1, -0.05) is 24.3 Å². The first-order chi connectivity index (χ1) is 12.8. The Labute approximate surface area is 153 Å². The molecule has 1 aliphatic heterocycles. The predicted octanol–water partition coefficient (Wildman–Crippen LogP) is 4.04. The zero-order chi connectivity index (χ0) is 17.8. The number of piperidine rings is 1. The second-order valence-corrected chi connectivity index (χ2v) is 6.82. The highest BCUT2D eigenvalue weighted by molar-refractivity contribution is 5.81. The molecule has 0 radical (unpaired) electrons. The van der Waals surface area contributed by atoms with Crippen molar-refractivity contribution in [2.45, 2.75) is 31.7 Å². The van der Waals surface area contributed by atoms with Crippen molar-refractivity contribution in [2.24, 2.45) is 0 Å². The van der Waals surface area contributed by atoms with Crippen LogP contribution in [0.4, 0.5) is 4.79 Å². The van der Waals surface area contributed by atoms with E-state index in [1.807, 2.05) is 35.2 Å². The lowest BCUT2D eigenvalue weighted by Gasteiger charge is -2.35. The van der Waals surface area contributed by atoms with Gasteiger partial charge in [0.05, 0.1) is 6.04 Å². The van der Waals surface area contributed by atoms with Gasteiger partial charge < -0.3 is 15.2 Å². The van der Waals surface area contributed by atoms with Crippen LogP contribution < -0.4 is 5.32 Å². The molecule has 0 bridgehead atoms. The number of likely N-dealkylation sites (tertiary alicyclic amines) is 1. The fraction of sp³-hybridized carbons (Fsp3) is 0.333. The largest absolute Gasteiger partial charge is 0.357 e. The van der Waals surface area contributed by atoms with Crippen LogP contribution in [0.5, 0.6) is 0 Å². The number of nitrogens with one attached hydrogen (secondary N) is 2. The molecule has 4 rings (SSSR count). The van der Waals surface area contributed by atoms with Crippen LogP contribution in [-0.4, -0.2) is 34.0 Å². The summed E-state index contributed by atoms with van der Waals surface area (Å²) in [7, 11) is 0. The van der Waals surface area contributed by atoms with Gasteiger partial charge in [0, 0.05) is 42.6 Å². The van der Waals surface area contributed by atoms with E-state index in [0.717, 1.165) is 49.1 Å². The lowest BCUT2D eigenvalue weighted by molar-refractivity contribution is 0.150. The molecule has 0 spiro atoms. The van der Waals surface area contributed by atoms with Gasteiger partial charge in [0.25, 0.3) is 0 Å². The summed E-state index contributed by atoms with van der Waals surface area (Å²) in [6.45, 7) is 1.40. The maximum Gasteiger partial charge on any atom is 0.317 e. The number of H-pyrrole nitrogens is 1. The summed E-state index contributed by atoms with van der Waals surface area (Å²) in [5.41, 5.74) is 3.26. The first-order valence-corrected chi connectivity index (χ1v) is 9.33. The molecule has 0 aliphatic carbocycles. The zero-order valence-corrected chi connectivity index (χ0v) is 14.8. The minimum atomic E-state index is 0.0179. The minimum Gasteiger partial charge on any atom is -0.357 e. The Bertz CT molecular complexity index is 841. The number of aromatic nitrogens is 2. The Hall–Kier alpha value is -2.82. The third kappa shape index (κ3) is 3.57. The first-order valence-electron chi connectivity index (χ1n) is 9.33. The van der Waals surface area contributed by atoms with Gasteiger partial charge in [0.2, 0.25) is 0 Å². The van der Waals surface area contributed by atoms with Crippen molar-refractivity contribution >= 4 is 16.9 Å². The molecular formula is C21H24N4O. The van der Waals surface area contributed by atoms with Crippen LogP contribution in [-0.2, 0) is 6.42 Å². The number of urea groups is 1. The average Bonchev–Trinajstić information content (AvgIpc) is 3.13. The summed E-state index contributed by atoms with van der Waals surface area (Å²) >= 11 is 0. The molecule has 1 aromatic carbocycles. The molecule has 5 nitrogen and oxygen atoms in total. The fourth-order valence-electron chi connectivity index (χ4n) is 3.72. The second kappa shape index (κ2) is 7.60. The van der Waals surface area contributed by atoms with Crippen LogP contribution in [0.2, 0.25) is 0 Å². The summed E-state index contributed by atoms with van der Waals surface area (Å²) in [6.07, 6.45) is 5.74. The van der Waals surface area contributed by atoms with Crippen molar-refractivity contribution in [1.82, 2.24) is 20.2 Å². The van der Waals surface area contributed by atoms with Crippen LogP contribution in [0.1, 0.15) is 36.7 Å². The number of carbonyl (C=O) groups is 1. The number of amides is 2. The topological polar surface area (TPSA) is 61.0 Å². The van der Waals surface area contributed by atoms with E-state index in [-0.39, 0.29) is 12.1 Å². The number of benzene rings is 1. The molecule has 1 atom stereocenters. The summed E-state index contributed by atoms with van der Waals surface area (Å²) in [5.74, 6) is 0. The molecule has 0 saturated carbocycles. The van der Waals surface area contributed by atoms with Crippen LogP contribution >= 0.6 is 0 Å². The predicted molar refractivity (Wildman–Crippen MR) is 103 cm³/mol. The zero-order valence-electron chi connectivity index (χ0n) is 14.8. The summed E-state index contributed by atoms with van der Waals surface area (Å²) in [6, 6.07) is 16.4. The quantitative estimate of drug-likeness (QED) is 0.747. The Morgan fingerprint density at radius 3 is 2.92 bits per heavy atom. The third-order valence-electron chi connectivity index (χ3n) is 5.06. The lowest BCUT2D eigenvalue weighted by atomic mass is 9.99. The van der Waals surface area contributed by atoms with Crippen molar-refractivity contribution in [2.75, 3.05) is 13.1 Å². The van der Waals surface area contributed by atoms with Gasteiger partial charge in [0.15, 0.2) is 0 Å². The third-order valence-corrected chi connectivity index (χ3v) is 5.06. The average molecular weight is 348 g/mol. The first kappa shape index (κ1) is 16.6. The Balaban J connectivity index is 1.43. The van der Waals surface area contributed by atoms with Crippen molar-refractivity contribution in [3.63, 3.8) is 0 Å². The number of aromatic amines is 1. The van der Waals surface area contributed by atoms with Crippen LogP contribution in [0.25, 0.3) is 10.9 Å². The van der Waals surface area contributed by atoms with Crippen molar-refractivity contribution in [3.05, 3.63) is 66.1 Å². The van der Waals surface area contributed by atoms with Crippen LogP contribution in [0.3, 0.4) is 0 Å². The van der Waals surface area contributed by atoms with E-state index in [4.69, 9.17) is 0 Å². The Morgan fingerprint density at radius 2 is 2.08 bits per heavy atom. The number of hydrogen-bond acceptors (Lipinski definition) is 2. The molecule has 3 aromatic rings. The normalized spacial score (nSPS) is 17.4. The summed E-state index contributed by atoms with van der Waals surface area (Å²) < 4.78 is 0.